The number of anilines is 1. The highest BCUT2D eigenvalue weighted by Crippen LogP contribution is 2.19. The van der Waals surface area contributed by atoms with Crippen LogP contribution in [0.2, 0.25) is 0 Å². The minimum atomic E-state index is -3.18. The van der Waals surface area contributed by atoms with Crippen molar-refractivity contribution in [3.63, 3.8) is 0 Å². The average Bonchev–Trinajstić information content (AvgIpc) is 2.52. The fourth-order valence-electron chi connectivity index (χ4n) is 1.70. The van der Waals surface area contributed by atoms with E-state index in [1.165, 1.54) is 0 Å². The van der Waals surface area contributed by atoms with Crippen LogP contribution in [0.3, 0.4) is 0 Å². The largest absolute Gasteiger partial charge is 0.369 e. The summed E-state index contributed by atoms with van der Waals surface area (Å²) in [5, 5.41) is 0. The van der Waals surface area contributed by atoms with Crippen molar-refractivity contribution < 1.29 is 8.42 Å². The number of halogens is 1. The Labute approximate surface area is 119 Å². The molecule has 98 valence electrons. The summed E-state index contributed by atoms with van der Waals surface area (Å²) >= 11 is 2.21. The lowest BCUT2D eigenvalue weighted by atomic mass is 10.3. The summed E-state index contributed by atoms with van der Waals surface area (Å²) in [6, 6.07) is 5.83. The first-order valence-corrected chi connectivity index (χ1v) is 8.20. The zero-order valence-electron chi connectivity index (χ0n) is 9.72. The molecule has 0 radical (unpaired) electrons. The van der Waals surface area contributed by atoms with Crippen LogP contribution < -0.4 is 10.5 Å². The molecule has 8 heteroatoms. The molecule has 2 aromatic rings. The van der Waals surface area contributed by atoms with Crippen molar-refractivity contribution in [3.05, 3.63) is 21.8 Å². The molecule has 0 fully saturated rings. The number of aromatic nitrogens is 2. The Balaban J connectivity index is 2.25. The van der Waals surface area contributed by atoms with E-state index in [0.717, 1.165) is 20.9 Å². The molecule has 0 saturated carbocycles. The van der Waals surface area contributed by atoms with Crippen LogP contribution in [-0.4, -0.2) is 30.8 Å². The van der Waals surface area contributed by atoms with E-state index >= 15 is 0 Å². The van der Waals surface area contributed by atoms with Gasteiger partial charge in [-0.1, -0.05) is 0 Å². The van der Waals surface area contributed by atoms with E-state index in [-0.39, 0.29) is 0 Å². The number of imidazole rings is 1. The molecular formula is C10H13IN4O2S. The van der Waals surface area contributed by atoms with E-state index in [1.807, 2.05) is 18.2 Å². The van der Waals surface area contributed by atoms with Crippen LogP contribution in [0.4, 0.5) is 5.95 Å². The van der Waals surface area contributed by atoms with Gasteiger partial charge in [-0.15, -0.1) is 0 Å². The van der Waals surface area contributed by atoms with Gasteiger partial charge in [0.2, 0.25) is 16.0 Å². The minimum absolute atomic E-state index is 0.292. The van der Waals surface area contributed by atoms with Crippen molar-refractivity contribution in [3.8, 4) is 0 Å². The lowest BCUT2D eigenvalue weighted by Gasteiger charge is -2.06. The molecule has 0 amide bonds. The molecule has 0 aliphatic heterocycles. The average molecular weight is 380 g/mol. The number of nitrogens with zero attached hydrogens (tertiary/aromatic N) is 2. The van der Waals surface area contributed by atoms with E-state index in [9.17, 15) is 8.42 Å². The van der Waals surface area contributed by atoms with Gasteiger partial charge in [0.1, 0.15) is 0 Å². The molecule has 0 saturated heterocycles. The highest BCUT2D eigenvalue weighted by molar-refractivity contribution is 14.1. The predicted molar refractivity (Wildman–Crippen MR) is 79.7 cm³/mol. The zero-order valence-corrected chi connectivity index (χ0v) is 12.7. The number of fused-ring (bicyclic) bond motifs is 1. The molecule has 0 spiro atoms. The molecule has 3 N–H and O–H groups in total. The first kappa shape index (κ1) is 13.6. The number of hydrogen-bond acceptors (Lipinski definition) is 4. The highest BCUT2D eigenvalue weighted by Gasteiger charge is 2.08. The third-order valence-electron chi connectivity index (χ3n) is 2.44. The van der Waals surface area contributed by atoms with Crippen molar-refractivity contribution >= 4 is 49.6 Å². The molecule has 0 atom stereocenters. The number of nitrogens with one attached hydrogen (secondary N) is 1. The van der Waals surface area contributed by atoms with E-state index in [1.54, 1.807) is 4.57 Å². The molecule has 1 aromatic heterocycles. The molecule has 1 aromatic carbocycles. The Morgan fingerprint density at radius 1 is 1.50 bits per heavy atom. The summed E-state index contributed by atoms with van der Waals surface area (Å²) in [5.41, 5.74) is 7.55. The van der Waals surface area contributed by atoms with Crippen LogP contribution in [-0.2, 0) is 16.6 Å². The van der Waals surface area contributed by atoms with E-state index in [4.69, 9.17) is 5.73 Å². The molecule has 0 unspecified atom stereocenters. The lowest BCUT2D eigenvalue weighted by molar-refractivity contribution is 0.581. The fourth-order valence-corrected chi connectivity index (χ4v) is 2.64. The number of nitrogen functional groups attached to an aromatic ring is 1. The molecule has 0 bridgehead atoms. The Morgan fingerprint density at radius 3 is 2.89 bits per heavy atom. The summed E-state index contributed by atoms with van der Waals surface area (Å²) in [5.74, 6) is 0.391. The first-order valence-electron chi connectivity index (χ1n) is 5.23. The van der Waals surface area contributed by atoms with Crippen molar-refractivity contribution in [2.75, 3.05) is 18.5 Å². The maximum absolute atomic E-state index is 11.0. The van der Waals surface area contributed by atoms with E-state index < -0.39 is 10.0 Å². The number of sulfonamides is 1. The van der Waals surface area contributed by atoms with Crippen molar-refractivity contribution in [2.24, 2.45) is 0 Å². The van der Waals surface area contributed by atoms with Crippen LogP contribution in [0.1, 0.15) is 0 Å². The van der Waals surface area contributed by atoms with Gasteiger partial charge in [-0.25, -0.2) is 18.1 Å². The maximum Gasteiger partial charge on any atom is 0.208 e. The second-order valence-electron chi connectivity index (χ2n) is 3.92. The summed E-state index contributed by atoms with van der Waals surface area (Å²) in [7, 11) is -3.18. The van der Waals surface area contributed by atoms with Crippen LogP contribution in [0, 0.1) is 3.57 Å². The topological polar surface area (TPSA) is 90.0 Å². The summed E-state index contributed by atoms with van der Waals surface area (Å²) < 4.78 is 27.3. The quantitative estimate of drug-likeness (QED) is 0.767. The van der Waals surface area contributed by atoms with Crippen LogP contribution in [0.5, 0.6) is 0 Å². The highest BCUT2D eigenvalue weighted by atomic mass is 127. The van der Waals surface area contributed by atoms with Gasteiger partial charge in [-0.05, 0) is 40.8 Å². The van der Waals surface area contributed by atoms with Crippen LogP contribution in [0.25, 0.3) is 11.0 Å². The maximum atomic E-state index is 11.0. The lowest BCUT2D eigenvalue weighted by Crippen LogP contribution is -2.26. The van der Waals surface area contributed by atoms with Gasteiger partial charge < -0.3 is 10.3 Å². The van der Waals surface area contributed by atoms with Crippen molar-refractivity contribution in [2.45, 2.75) is 6.54 Å². The van der Waals surface area contributed by atoms with Gasteiger partial charge in [-0.3, -0.25) is 0 Å². The van der Waals surface area contributed by atoms with Crippen molar-refractivity contribution in [1.82, 2.24) is 14.3 Å². The van der Waals surface area contributed by atoms with E-state index in [2.05, 4.69) is 32.3 Å². The third kappa shape index (κ3) is 3.12. The second-order valence-corrected chi connectivity index (χ2v) is 7.00. The molecule has 1 heterocycles. The molecule has 2 rings (SSSR count). The predicted octanol–water partition coefficient (Wildman–Crippen LogP) is 0.772. The number of hydrogen-bond donors (Lipinski definition) is 2. The Morgan fingerprint density at radius 2 is 2.22 bits per heavy atom. The smallest absolute Gasteiger partial charge is 0.208 e. The van der Waals surface area contributed by atoms with Gasteiger partial charge in [0.05, 0.1) is 17.3 Å². The van der Waals surface area contributed by atoms with E-state index in [0.29, 0.717) is 19.0 Å². The summed E-state index contributed by atoms with van der Waals surface area (Å²) in [4.78, 5) is 4.25. The number of benzene rings is 1. The Kier molecular flexibility index (Phi) is 3.78. The third-order valence-corrected chi connectivity index (χ3v) is 3.84. The molecule has 6 nitrogen and oxygen atoms in total. The van der Waals surface area contributed by atoms with Gasteiger partial charge in [0, 0.05) is 16.7 Å². The first-order chi connectivity index (χ1) is 8.37. The van der Waals surface area contributed by atoms with Gasteiger partial charge in [0.15, 0.2) is 0 Å². The van der Waals surface area contributed by atoms with Gasteiger partial charge >= 0.3 is 0 Å². The summed E-state index contributed by atoms with van der Waals surface area (Å²) in [6.45, 7) is 0.747. The Hall–Kier alpha value is -0.870. The van der Waals surface area contributed by atoms with Crippen LogP contribution >= 0.6 is 22.6 Å². The van der Waals surface area contributed by atoms with Gasteiger partial charge in [0.25, 0.3) is 0 Å². The monoisotopic (exact) mass is 380 g/mol. The molecule has 18 heavy (non-hydrogen) atoms. The summed E-state index contributed by atoms with van der Waals surface area (Å²) in [6.07, 6.45) is 1.13. The molecular weight excluding hydrogens is 367 g/mol. The molecule has 0 aliphatic rings. The standard InChI is InChI=1S/C10H13IN4O2S/c1-18(16,17)13-4-5-15-9-3-2-7(11)6-8(9)14-10(15)12/h2-3,6,13H,4-5H2,1H3,(H2,12,14). The number of rotatable bonds is 4. The normalized spacial score (nSPS) is 12.1. The second kappa shape index (κ2) is 5.02. The molecule has 0 aliphatic carbocycles. The zero-order chi connectivity index (χ0) is 13.3. The SMILES string of the molecule is CS(=O)(=O)NCCn1c(N)nc2cc(I)ccc21. The Bertz CT molecular complexity index is 680. The van der Waals surface area contributed by atoms with Gasteiger partial charge in [-0.2, -0.15) is 0 Å². The minimum Gasteiger partial charge on any atom is -0.369 e. The fraction of sp³-hybridized carbons (Fsp3) is 0.300. The van der Waals surface area contributed by atoms with Crippen LogP contribution in [0.15, 0.2) is 18.2 Å². The van der Waals surface area contributed by atoms with Crippen molar-refractivity contribution in [1.29, 1.82) is 0 Å². The number of nitrogens with two attached hydrogens (primary N) is 1.